The summed E-state index contributed by atoms with van der Waals surface area (Å²) in [5.74, 6) is -0.449. The lowest BCUT2D eigenvalue weighted by Crippen LogP contribution is -2.07. The molecule has 3 heteroatoms. The number of rotatable bonds is 4. The van der Waals surface area contributed by atoms with Crippen LogP contribution in [0.1, 0.15) is 22.6 Å². The van der Waals surface area contributed by atoms with E-state index in [-0.39, 0.29) is 11.7 Å². The van der Waals surface area contributed by atoms with E-state index in [2.05, 4.69) is 0 Å². The van der Waals surface area contributed by atoms with Gasteiger partial charge in [-0.2, -0.15) is 0 Å². The Balaban J connectivity index is 2.26. The van der Waals surface area contributed by atoms with Gasteiger partial charge in [0.15, 0.2) is 0 Å². The molecule has 0 aliphatic rings. The molecule has 0 aliphatic carbocycles. The van der Waals surface area contributed by atoms with E-state index in [1.165, 1.54) is 6.07 Å². The first kappa shape index (κ1) is 14.0. The van der Waals surface area contributed by atoms with Crippen molar-refractivity contribution in [3.63, 3.8) is 0 Å². The van der Waals surface area contributed by atoms with Crippen LogP contribution in [0.15, 0.2) is 42.5 Å². The molecular formula is C16H15ClF2. The maximum atomic E-state index is 13.7. The molecular weight excluding hydrogens is 266 g/mol. The molecule has 1 unspecified atom stereocenters. The number of hydrogen-bond acceptors (Lipinski definition) is 0. The van der Waals surface area contributed by atoms with Crippen molar-refractivity contribution < 1.29 is 8.78 Å². The van der Waals surface area contributed by atoms with Crippen LogP contribution in [0.2, 0.25) is 0 Å². The fourth-order valence-corrected chi connectivity index (χ4v) is 2.44. The Morgan fingerprint density at radius 2 is 1.89 bits per heavy atom. The highest BCUT2D eigenvalue weighted by molar-refractivity contribution is 6.18. The molecule has 0 spiro atoms. The second-order valence-electron chi connectivity index (χ2n) is 4.71. The zero-order chi connectivity index (χ0) is 13.8. The third-order valence-electron chi connectivity index (χ3n) is 3.17. The smallest absolute Gasteiger partial charge is 0.126 e. The van der Waals surface area contributed by atoms with Crippen molar-refractivity contribution in [1.29, 1.82) is 0 Å². The molecule has 0 aromatic heterocycles. The van der Waals surface area contributed by atoms with Crippen molar-refractivity contribution in [3.8, 4) is 0 Å². The first-order chi connectivity index (χ1) is 9.10. The zero-order valence-electron chi connectivity index (χ0n) is 10.7. The van der Waals surface area contributed by atoms with E-state index in [0.717, 1.165) is 23.3 Å². The maximum absolute atomic E-state index is 13.7. The van der Waals surface area contributed by atoms with Crippen LogP contribution in [-0.2, 0) is 6.42 Å². The normalized spacial score (nSPS) is 12.4. The van der Waals surface area contributed by atoms with Crippen LogP contribution in [-0.4, -0.2) is 5.88 Å². The summed E-state index contributed by atoms with van der Waals surface area (Å²) in [6.07, 6.45) is 0.399. The van der Waals surface area contributed by atoms with Crippen LogP contribution in [0.25, 0.3) is 0 Å². The predicted octanol–water partition coefficient (Wildman–Crippen LogP) is 4.84. The molecule has 100 valence electrons. The lowest BCUT2D eigenvalue weighted by atomic mass is 9.92. The van der Waals surface area contributed by atoms with Crippen molar-refractivity contribution in [2.45, 2.75) is 19.3 Å². The van der Waals surface area contributed by atoms with E-state index in [1.807, 2.05) is 31.2 Å². The first-order valence-corrected chi connectivity index (χ1v) is 6.70. The molecule has 1 atom stereocenters. The number of alkyl halides is 1. The standard InChI is InChI=1S/C16H15ClF2/c1-11-3-2-4-12(7-11)14(10-17)8-13-9-15(18)5-6-16(13)19/h2-7,9,14H,8,10H2,1H3. The molecule has 0 saturated carbocycles. The van der Waals surface area contributed by atoms with Crippen LogP contribution in [0, 0.1) is 18.6 Å². The number of aryl methyl sites for hydroxylation is 1. The van der Waals surface area contributed by atoms with Crippen LogP contribution in [0.4, 0.5) is 8.78 Å². The van der Waals surface area contributed by atoms with Crippen molar-refractivity contribution in [1.82, 2.24) is 0 Å². The third-order valence-corrected chi connectivity index (χ3v) is 3.55. The molecule has 0 amide bonds. The molecule has 0 fully saturated rings. The first-order valence-electron chi connectivity index (χ1n) is 6.16. The summed E-state index contributed by atoms with van der Waals surface area (Å²) >= 11 is 5.98. The van der Waals surface area contributed by atoms with Gasteiger partial charge in [0.2, 0.25) is 0 Å². The highest BCUT2D eigenvalue weighted by Crippen LogP contribution is 2.25. The topological polar surface area (TPSA) is 0 Å². The maximum Gasteiger partial charge on any atom is 0.126 e. The Bertz CT molecular complexity index is 566. The molecule has 19 heavy (non-hydrogen) atoms. The quantitative estimate of drug-likeness (QED) is 0.703. The molecule has 0 bridgehead atoms. The lowest BCUT2D eigenvalue weighted by molar-refractivity contribution is 0.576. The third kappa shape index (κ3) is 3.54. The molecule has 0 radical (unpaired) electrons. The van der Waals surface area contributed by atoms with Gasteiger partial charge < -0.3 is 0 Å². The molecule has 2 aromatic carbocycles. The number of halogens is 3. The van der Waals surface area contributed by atoms with Crippen LogP contribution in [0.5, 0.6) is 0 Å². The van der Waals surface area contributed by atoms with Crippen molar-refractivity contribution >= 4 is 11.6 Å². The second-order valence-corrected chi connectivity index (χ2v) is 5.01. The Labute approximate surface area is 117 Å². The minimum Gasteiger partial charge on any atom is -0.207 e. The van der Waals surface area contributed by atoms with Gasteiger partial charge in [-0.1, -0.05) is 29.8 Å². The van der Waals surface area contributed by atoms with Gasteiger partial charge in [-0.3, -0.25) is 0 Å². The fourth-order valence-electron chi connectivity index (χ4n) is 2.15. The largest absolute Gasteiger partial charge is 0.207 e. The van der Waals surface area contributed by atoms with Crippen molar-refractivity contribution in [3.05, 3.63) is 70.8 Å². The van der Waals surface area contributed by atoms with Gasteiger partial charge in [0.1, 0.15) is 11.6 Å². The lowest BCUT2D eigenvalue weighted by Gasteiger charge is -2.15. The monoisotopic (exact) mass is 280 g/mol. The van der Waals surface area contributed by atoms with Crippen LogP contribution < -0.4 is 0 Å². The van der Waals surface area contributed by atoms with E-state index < -0.39 is 5.82 Å². The van der Waals surface area contributed by atoms with E-state index in [9.17, 15) is 8.78 Å². The van der Waals surface area contributed by atoms with Crippen LogP contribution >= 0.6 is 11.6 Å². The minimum atomic E-state index is -0.422. The Morgan fingerprint density at radius 3 is 2.58 bits per heavy atom. The van der Waals surface area contributed by atoms with Crippen molar-refractivity contribution in [2.75, 3.05) is 5.88 Å². The summed E-state index contributed by atoms with van der Waals surface area (Å²) in [7, 11) is 0. The minimum absolute atomic E-state index is 0.0159. The SMILES string of the molecule is Cc1cccc(C(CCl)Cc2cc(F)ccc2F)c1. The van der Waals surface area contributed by atoms with E-state index >= 15 is 0 Å². The average molecular weight is 281 g/mol. The summed E-state index contributed by atoms with van der Waals surface area (Å²) in [4.78, 5) is 0. The average Bonchev–Trinajstić information content (AvgIpc) is 2.39. The van der Waals surface area contributed by atoms with Gasteiger partial charge in [-0.15, -0.1) is 11.6 Å². The van der Waals surface area contributed by atoms with Gasteiger partial charge >= 0.3 is 0 Å². The number of benzene rings is 2. The van der Waals surface area contributed by atoms with Crippen molar-refractivity contribution in [2.24, 2.45) is 0 Å². The Morgan fingerprint density at radius 1 is 1.11 bits per heavy atom. The highest BCUT2D eigenvalue weighted by Gasteiger charge is 2.14. The fraction of sp³-hybridized carbons (Fsp3) is 0.250. The van der Waals surface area contributed by atoms with Gasteiger partial charge in [-0.05, 0) is 42.7 Å². The molecule has 0 heterocycles. The second kappa shape index (κ2) is 6.16. The molecule has 0 N–H and O–H groups in total. The summed E-state index contributed by atoms with van der Waals surface area (Å²) in [6, 6.07) is 11.5. The molecule has 2 aromatic rings. The molecule has 0 nitrogen and oxygen atoms in total. The summed E-state index contributed by atoms with van der Waals surface area (Å²) in [5, 5.41) is 0. The molecule has 0 aliphatic heterocycles. The van der Waals surface area contributed by atoms with Gasteiger partial charge in [0.05, 0.1) is 0 Å². The molecule has 2 rings (SSSR count). The van der Waals surface area contributed by atoms with Crippen LogP contribution in [0.3, 0.4) is 0 Å². The van der Waals surface area contributed by atoms with Gasteiger partial charge in [0, 0.05) is 11.8 Å². The number of hydrogen-bond donors (Lipinski definition) is 0. The Kier molecular flexibility index (Phi) is 4.54. The van der Waals surface area contributed by atoms with E-state index in [4.69, 9.17) is 11.6 Å². The zero-order valence-corrected chi connectivity index (χ0v) is 11.4. The summed E-state index contributed by atoms with van der Waals surface area (Å²) in [6.45, 7) is 2.00. The highest BCUT2D eigenvalue weighted by atomic mass is 35.5. The predicted molar refractivity (Wildman–Crippen MR) is 74.7 cm³/mol. The Hall–Kier alpha value is -1.41. The van der Waals surface area contributed by atoms with E-state index in [1.54, 1.807) is 0 Å². The van der Waals surface area contributed by atoms with Gasteiger partial charge in [-0.25, -0.2) is 8.78 Å². The summed E-state index contributed by atoms with van der Waals surface area (Å²) in [5.41, 5.74) is 2.55. The van der Waals surface area contributed by atoms with E-state index in [0.29, 0.717) is 17.9 Å². The van der Waals surface area contributed by atoms with Gasteiger partial charge in [0.25, 0.3) is 0 Å². The summed E-state index contributed by atoms with van der Waals surface area (Å²) < 4.78 is 26.8. The molecule has 0 saturated heterocycles.